The maximum Gasteiger partial charge on any atom is 0.160 e. The fourth-order valence-corrected chi connectivity index (χ4v) is 12.5. The molecular formula is C55H50N2. The average molecular weight is 739 g/mol. The zero-order valence-corrected chi connectivity index (χ0v) is 33.6. The summed E-state index contributed by atoms with van der Waals surface area (Å²) in [5.41, 5.74) is 19.7. The Labute approximate surface area is 338 Å². The van der Waals surface area contributed by atoms with Crippen LogP contribution in [0.25, 0.3) is 67.3 Å². The molecule has 280 valence electrons. The number of fused-ring (bicyclic) bond motifs is 12. The van der Waals surface area contributed by atoms with E-state index in [9.17, 15) is 0 Å². The van der Waals surface area contributed by atoms with Gasteiger partial charge >= 0.3 is 0 Å². The summed E-state index contributed by atoms with van der Waals surface area (Å²) in [4.78, 5) is 10.2. The Kier molecular flexibility index (Phi) is 7.88. The molecule has 11 rings (SSSR count). The van der Waals surface area contributed by atoms with Crippen molar-refractivity contribution in [3.8, 4) is 67.3 Å². The van der Waals surface area contributed by atoms with E-state index in [1.54, 1.807) is 11.1 Å². The lowest BCUT2D eigenvalue weighted by Crippen LogP contribution is -2.49. The van der Waals surface area contributed by atoms with E-state index in [4.69, 9.17) is 9.97 Å². The second kappa shape index (κ2) is 13.0. The molecule has 2 heteroatoms. The van der Waals surface area contributed by atoms with E-state index >= 15 is 0 Å². The second-order valence-electron chi connectivity index (χ2n) is 18.1. The predicted molar refractivity (Wildman–Crippen MR) is 236 cm³/mol. The maximum atomic E-state index is 5.17. The van der Waals surface area contributed by atoms with Crippen molar-refractivity contribution >= 4 is 0 Å². The minimum Gasteiger partial charge on any atom is -0.228 e. The molecule has 6 aromatic carbocycles. The first kappa shape index (κ1) is 34.6. The van der Waals surface area contributed by atoms with Crippen LogP contribution in [0.3, 0.4) is 0 Å². The van der Waals surface area contributed by atoms with Gasteiger partial charge in [0, 0.05) is 27.5 Å². The van der Waals surface area contributed by atoms with Gasteiger partial charge in [-0.3, -0.25) is 0 Å². The molecule has 1 spiro atoms. The summed E-state index contributed by atoms with van der Waals surface area (Å²) in [5, 5.41) is 0. The van der Waals surface area contributed by atoms with E-state index in [0.717, 1.165) is 45.7 Å². The van der Waals surface area contributed by atoms with Crippen LogP contribution in [0.4, 0.5) is 0 Å². The lowest BCUT2D eigenvalue weighted by Gasteiger charge is -2.55. The molecule has 5 atom stereocenters. The fourth-order valence-electron chi connectivity index (χ4n) is 12.5. The molecule has 0 N–H and O–H groups in total. The van der Waals surface area contributed by atoms with E-state index in [2.05, 4.69) is 167 Å². The molecule has 5 unspecified atom stereocenters. The van der Waals surface area contributed by atoms with Crippen LogP contribution < -0.4 is 0 Å². The Morgan fingerprint density at radius 1 is 0.526 bits per heavy atom. The van der Waals surface area contributed by atoms with Gasteiger partial charge in [0.1, 0.15) is 0 Å². The number of benzene rings is 6. The first-order chi connectivity index (χ1) is 27.9. The molecule has 57 heavy (non-hydrogen) atoms. The van der Waals surface area contributed by atoms with Gasteiger partial charge in [0.25, 0.3) is 0 Å². The molecule has 2 bridgehead atoms. The monoisotopic (exact) mass is 738 g/mol. The van der Waals surface area contributed by atoms with Crippen LogP contribution in [-0.4, -0.2) is 9.97 Å². The maximum absolute atomic E-state index is 5.17. The Balaban J connectivity index is 1.10. The van der Waals surface area contributed by atoms with Crippen LogP contribution in [0.15, 0.2) is 146 Å². The van der Waals surface area contributed by atoms with Gasteiger partial charge in [-0.25, -0.2) is 9.97 Å². The summed E-state index contributed by atoms with van der Waals surface area (Å²) in [6.07, 6.45) is 6.67. The summed E-state index contributed by atoms with van der Waals surface area (Å²) in [7, 11) is 0. The van der Waals surface area contributed by atoms with Crippen molar-refractivity contribution in [3.63, 3.8) is 0 Å². The molecule has 1 heterocycles. The van der Waals surface area contributed by atoms with Gasteiger partial charge < -0.3 is 0 Å². The Bertz CT molecular complexity index is 2610. The zero-order valence-electron chi connectivity index (χ0n) is 33.6. The van der Waals surface area contributed by atoms with Crippen LogP contribution in [0, 0.1) is 23.7 Å². The summed E-state index contributed by atoms with van der Waals surface area (Å²) < 4.78 is 0. The largest absolute Gasteiger partial charge is 0.228 e. The predicted octanol–water partition coefficient (Wildman–Crippen LogP) is 14.2. The molecule has 2 fully saturated rings. The number of nitrogens with zero attached hydrogens (tertiary/aromatic N) is 2. The normalized spacial score (nSPS) is 23.4. The highest BCUT2D eigenvalue weighted by molar-refractivity contribution is 5.97. The van der Waals surface area contributed by atoms with E-state index < -0.39 is 0 Å². The van der Waals surface area contributed by atoms with Crippen LogP contribution in [0.2, 0.25) is 0 Å². The van der Waals surface area contributed by atoms with Crippen molar-refractivity contribution in [2.45, 2.75) is 70.6 Å². The SMILES string of the molecule is CCC1CC2CC(C)C3(c4ccc5c(c4-c4cccc(-c6ccc(-c7cc(-c8ccccc8)nc(-c8ccccc8)n7)cc6)c43)C(C)(C)c3ccccc3-5)C(C1)C2. The third-order valence-electron chi connectivity index (χ3n) is 14.8. The van der Waals surface area contributed by atoms with Crippen molar-refractivity contribution in [3.05, 3.63) is 168 Å². The van der Waals surface area contributed by atoms with Gasteiger partial charge in [-0.2, -0.15) is 0 Å². The van der Waals surface area contributed by atoms with Gasteiger partial charge in [0.15, 0.2) is 5.82 Å². The summed E-state index contributed by atoms with van der Waals surface area (Å²) in [5.74, 6) is 3.57. The topological polar surface area (TPSA) is 25.8 Å². The number of rotatable bonds is 5. The second-order valence-corrected chi connectivity index (χ2v) is 18.1. The Morgan fingerprint density at radius 2 is 1.16 bits per heavy atom. The van der Waals surface area contributed by atoms with Gasteiger partial charge in [-0.1, -0.05) is 174 Å². The molecule has 0 aliphatic heterocycles. The summed E-state index contributed by atoms with van der Waals surface area (Å²) in [6, 6.07) is 53.8. The van der Waals surface area contributed by atoms with Crippen LogP contribution in [0.5, 0.6) is 0 Å². The number of hydrogen-bond acceptors (Lipinski definition) is 2. The van der Waals surface area contributed by atoms with Crippen LogP contribution in [-0.2, 0) is 10.8 Å². The van der Waals surface area contributed by atoms with E-state index in [-0.39, 0.29) is 10.8 Å². The zero-order chi connectivity index (χ0) is 38.5. The quantitative estimate of drug-likeness (QED) is 0.176. The Morgan fingerprint density at radius 3 is 1.89 bits per heavy atom. The average Bonchev–Trinajstić information content (AvgIpc) is 3.69. The minimum absolute atomic E-state index is 0.0218. The van der Waals surface area contributed by atoms with Crippen LogP contribution >= 0.6 is 0 Å². The van der Waals surface area contributed by atoms with E-state index in [1.807, 2.05) is 6.07 Å². The highest BCUT2D eigenvalue weighted by Gasteiger charge is 2.59. The molecule has 0 amide bonds. The van der Waals surface area contributed by atoms with Gasteiger partial charge in [0.2, 0.25) is 0 Å². The van der Waals surface area contributed by atoms with Crippen molar-refractivity contribution in [2.24, 2.45) is 23.7 Å². The molecule has 4 aliphatic rings. The third kappa shape index (κ3) is 5.08. The van der Waals surface area contributed by atoms with Gasteiger partial charge in [-0.05, 0) is 111 Å². The van der Waals surface area contributed by atoms with Gasteiger partial charge in [-0.15, -0.1) is 0 Å². The van der Waals surface area contributed by atoms with Crippen molar-refractivity contribution < 1.29 is 0 Å². The fraction of sp³-hybridized carbons (Fsp3) is 0.273. The standard InChI is InChI=1S/C55H50N2/c1-5-35-30-36-29-34(2)55(41(31-35)32-36)47-28-27-44-43-19-12-13-22-46(43)54(3,4)52(44)50(47)45-21-14-20-42(51(45)55)37-23-25-39(26-24-37)49-33-48(38-15-8-6-9-16-38)56-53(57-49)40-17-10-7-11-18-40/h6-28,33-36,41H,5,29-32H2,1-4H3. The molecule has 1 aromatic heterocycles. The lowest BCUT2D eigenvalue weighted by atomic mass is 9.48. The summed E-state index contributed by atoms with van der Waals surface area (Å²) in [6.45, 7) is 9.99. The molecular weight excluding hydrogens is 689 g/mol. The first-order valence-corrected chi connectivity index (χ1v) is 21.4. The molecule has 0 saturated heterocycles. The third-order valence-corrected chi connectivity index (χ3v) is 14.8. The first-order valence-electron chi connectivity index (χ1n) is 21.4. The van der Waals surface area contributed by atoms with E-state index in [1.165, 1.54) is 76.6 Å². The summed E-state index contributed by atoms with van der Waals surface area (Å²) >= 11 is 0. The lowest BCUT2D eigenvalue weighted by molar-refractivity contribution is 0.0371. The molecule has 0 radical (unpaired) electrons. The van der Waals surface area contributed by atoms with Crippen molar-refractivity contribution in [2.75, 3.05) is 0 Å². The van der Waals surface area contributed by atoms with Crippen molar-refractivity contribution in [1.29, 1.82) is 0 Å². The molecule has 4 aliphatic carbocycles. The highest BCUT2D eigenvalue weighted by Crippen LogP contribution is 2.68. The van der Waals surface area contributed by atoms with Gasteiger partial charge in [0.05, 0.1) is 11.4 Å². The van der Waals surface area contributed by atoms with E-state index in [0.29, 0.717) is 11.8 Å². The molecule has 2 nitrogen and oxygen atoms in total. The van der Waals surface area contributed by atoms with Crippen LogP contribution in [0.1, 0.15) is 82.1 Å². The van der Waals surface area contributed by atoms with Crippen molar-refractivity contribution in [1.82, 2.24) is 9.97 Å². The number of hydrogen-bond donors (Lipinski definition) is 0. The smallest absolute Gasteiger partial charge is 0.160 e. The molecule has 2 saturated carbocycles. The Hall–Kier alpha value is -5.60. The minimum atomic E-state index is -0.0779. The number of aromatic nitrogens is 2. The highest BCUT2D eigenvalue weighted by atomic mass is 14.9. The molecule has 7 aromatic rings.